The number of hydrogen-bond donors (Lipinski definition) is 1. The van der Waals surface area contributed by atoms with Gasteiger partial charge in [0.1, 0.15) is 0 Å². The van der Waals surface area contributed by atoms with E-state index in [1.807, 2.05) is 24.3 Å². The van der Waals surface area contributed by atoms with Crippen LogP contribution in [0.2, 0.25) is 0 Å². The van der Waals surface area contributed by atoms with Crippen LogP contribution in [-0.4, -0.2) is 13.1 Å². The van der Waals surface area contributed by atoms with Gasteiger partial charge in [0.15, 0.2) is 0 Å². The minimum absolute atomic E-state index is 0.443. The summed E-state index contributed by atoms with van der Waals surface area (Å²) < 4.78 is 1.05. The van der Waals surface area contributed by atoms with Gasteiger partial charge in [0.05, 0.1) is 5.69 Å². The summed E-state index contributed by atoms with van der Waals surface area (Å²) >= 11 is 5.42. The van der Waals surface area contributed by atoms with Gasteiger partial charge in [-0.15, -0.1) is 11.3 Å². The zero-order valence-corrected chi connectivity index (χ0v) is 13.9. The predicted octanol–water partition coefficient (Wildman–Crippen LogP) is 4.47. The Balaban J connectivity index is 2.19. The van der Waals surface area contributed by atoms with Crippen molar-refractivity contribution in [1.82, 2.24) is 0 Å². The molecule has 1 aromatic heterocycles. The second-order valence-electron chi connectivity index (χ2n) is 4.90. The van der Waals surface area contributed by atoms with Crippen LogP contribution in [-0.2, 0) is 6.42 Å². The Morgan fingerprint density at radius 1 is 1.42 bits per heavy atom. The van der Waals surface area contributed by atoms with E-state index in [1.54, 1.807) is 0 Å². The molecule has 2 nitrogen and oxygen atoms in total. The van der Waals surface area contributed by atoms with E-state index >= 15 is 0 Å². The van der Waals surface area contributed by atoms with Crippen LogP contribution in [0.5, 0.6) is 0 Å². The number of thiophene rings is 1. The van der Waals surface area contributed by atoms with E-state index in [0.29, 0.717) is 6.04 Å². The number of nitrogens with zero attached hydrogens (tertiary/aromatic N) is 1. The van der Waals surface area contributed by atoms with Gasteiger partial charge in [0, 0.05) is 34.5 Å². The molecule has 0 saturated heterocycles. The summed E-state index contributed by atoms with van der Waals surface area (Å²) in [5.74, 6) is 0. The standard InChI is InChI=1S/C15H19BrN2S/c1-10-7-15(13(16)9-14(10)17)18(3)11(2)8-12-5-4-6-19-12/h4-7,9,11H,8,17H2,1-3H3. The molecule has 2 N–H and O–H groups in total. The molecule has 0 amide bonds. The Morgan fingerprint density at radius 2 is 2.16 bits per heavy atom. The van der Waals surface area contributed by atoms with Crippen molar-refractivity contribution in [3.8, 4) is 0 Å². The van der Waals surface area contributed by atoms with Crippen molar-refractivity contribution in [2.45, 2.75) is 26.3 Å². The molecule has 2 rings (SSSR count). The molecular weight excluding hydrogens is 320 g/mol. The van der Waals surface area contributed by atoms with Crippen molar-refractivity contribution in [3.63, 3.8) is 0 Å². The number of halogens is 1. The highest BCUT2D eigenvalue weighted by Gasteiger charge is 2.15. The molecule has 4 heteroatoms. The molecule has 1 unspecified atom stereocenters. The van der Waals surface area contributed by atoms with Crippen LogP contribution in [0, 0.1) is 6.92 Å². The lowest BCUT2D eigenvalue weighted by atomic mass is 10.1. The second-order valence-corrected chi connectivity index (χ2v) is 6.79. The summed E-state index contributed by atoms with van der Waals surface area (Å²) in [5.41, 5.74) is 9.07. The first kappa shape index (κ1) is 14.4. The number of nitrogen functional groups attached to an aromatic ring is 1. The molecule has 2 aromatic rings. The van der Waals surface area contributed by atoms with Gasteiger partial charge in [-0.05, 0) is 58.9 Å². The molecule has 102 valence electrons. The predicted molar refractivity (Wildman–Crippen MR) is 89.2 cm³/mol. The van der Waals surface area contributed by atoms with Crippen molar-refractivity contribution in [1.29, 1.82) is 0 Å². The molecule has 0 bridgehead atoms. The van der Waals surface area contributed by atoms with Gasteiger partial charge < -0.3 is 10.6 Å². The maximum absolute atomic E-state index is 5.93. The Kier molecular flexibility index (Phi) is 4.53. The quantitative estimate of drug-likeness (QED) is 0.833. The number of benzene rings is 1. The van der Waals surface area contributed by atoms with Gasteiger partial charge in [0.2, 0.25) is 0 Å². The number of anilines is 2. The third kappa shape index (κ3) is 3.31. The molecular formula is C15H19BrN2S. The Labute approximate surface area is 127 Å². The lowest BCUT2D eigenvalue weighted by Crippen LogP contribution is -2.30. The Bertz CT molecular complexity index is 552. The topological polar surface area (TPSA) is 29.3 Å². The summed E-state index contributed by atoms with van der Waals surface area (Å²) in [5, 5.41) is 2.13. The van der Waals surface area contributed by atoms with Crippen LogP contribution in [0.25, 0.3) is 0 Å². The van der Waals surface area contributed by atoms with E-state index in [0.717, 1.165) is 22.1 Å². The van der Waals surface area contributed by atoms with Crippen LogP contribution in [0.15, 0.2) is 34.1 Å². The van der Waals surface area contributed by atoms with E-state index < -0.39 is 0 Å². The van der Waals surface area contributed by atoms with E-state index in [4.69, 9.17) is 5.73 Å². The third-order valence-electron chi connectivity index (χ3n) is 3.45. The summed E-state index contributed by atoms with van der Waals surface area (Å²) in [6.45, 7) is 4.29. The molecule has 0 radical (unpaired) electrons. The van der Waals surface area contributed by atoms with Gasteiger partial charge in [-0.2, -0.15) is 0 Å². The third-order valence-corrected chi connectivity index (χ3v) is 4.99. The van der Waals surface area contributed by atoms with Crippen LogP contribution >= 0.6 is 27.3 Å². The monoisotopic (exact) mass is 338 g/mol. The smallest absolute Gasteiger partial charge is 0.0514 e. The maximum atomic E-state index is 5.93. The molecule has 0 aliphatic rings. The highest BCUT2D eigenvalue weighted by molar-refractivity contribution is 9.10. The Morgan fingerprint density at radius 3 is 2.79 bits per heavy atom. The Hall–Kier alpha value is -1.00. The van der Waals surface area contributed by atoms with E-state index in [9.17, 15) is 0 Å². The van der Waals surface area contributed by atoms with Gasteiger partial charge in [-0.25, -0.2) is 0 Å². The fraction of sp³-hybridized carbons (Fsp3) is 0.333. The average molecular weight is 339 g/mol. The highest BCUT2D eigenvalue weighted by Crippen LogP contribution is 2.31. The van der Waals surface area contributed by atoms with Gasteiger partial charge in [-0.3, -0.25) is 0 Å². The lowest BCUT2D eigenvalue weighted by molar-refractivity contribution is 0.687. The summed E-state index contributed by atoms with van der Waals surface area (Å²) in [6, 6.07) is 8.87. The summed E-state index contributed by atoms with van der Waals surface area (Å²) in [4.78, 5) is 3.72. The molecule has 1 aromatic carbocycles. The summed E-state index contributed by atoms with van der Waals surface area (Å²) in [6.07, 6.45) is 1.06. The number of hydrogen-bond acceptors (Lipinski definition) is 3. The molecule has 1 heterocycles. The number of rotatable bonds is 4. The van der Waals surface area contributed by atoms with Crippen molar-refractivity contribution in [2.75, 3.05) is 17.7 Å². The van der Waals surface area contributed by atoms with E-state index in [2.05, 4.69) is 58.4 Å². The molecule has 1 atom stereocenters. The average Bonchev–Trinajstić information content (AvgIpc) is 2.85. The highest BCUT2D eigenvalue weighted by atomic mass is 79.9. The number of likely N-dealkylation sites (N-methyl/N-ethyl adjacent to an activating group) is 1. The first-order valence-electron chi connectivity index (χ1n) is 6.30. The van der Waals surface area contributed by atoms with Crippen LogP contribution in [0.4, 0.5) is 11.4 Å². The summed E-state index contributed by atoms with van der Waals surface area (Å²) in [7, 11) is 2.13. The van der Waals surface area contributed by atoms with Crippen molar-refractivity contribution in [2.24, 2.45) is 0 Å². The van der Waals surface area contributed by atoms with Gasteiger partial charge >= 0.3 is 0 Å². The molecule has 0 aliphatic heterocycles. The van der Waals surface area contributed by atoms with E-state index in [1.165, 1.54) is 10.6 Å². The molecule has 19 heavy (non-hydrogen) atoms. The van der Waals surface area contributed by atoms with Crippen molar-refractivity contribution in [3.05, 3.63) is 44.6 Å². The van der Waals surface area contributed by atoms with E-state index in [-0.39, 0.29) is 0 Å². The van der Waals surface area contributed by atoms with Gasteiger partial charge in [0.25, 0.3) is 0 Å². The first-order valence-corrected chi connectivity index (χ1v) is 7.97. The van der Waals surface area contributed by atoms with Crippen molar-refractivity contribution < 1.29 is 0 Å². The zero-order chi connectivity index (χ0) is 14.0. The number of aryl methyl sites for hydroxylation is 1. The second kappa shape index (κ2) is 5.97. The fourth-order valence-electron chi connectivity index (χ4n) is 2.05. The maximum Gasteiger partial charge on any atom is 0.0514 e. The lowest BCUT2D eigenvalue weighted by Gasteiger charge is -2.28. The van der Waals surface area contributed by atoms with Crippen LogP contribution in [0.3, 0.4) is 0 Å². The minimum atomic E-state index is 0.443. The zero-order valence-electron chi connectivity index (χ0n) is 11.5. The first-order chi connectivity index (χ1) is 8.99. The molecule has 0 spiro atoms. The fourth-order valence-corrected chi connectivity index (χ4v) is 3.51. The minimum Gasteiger partial charge on any atom is -0.398 e. The molecule has 0 aliphatic carbocycles. The van der Waals surface area contributed by atoms with Crippen molar-refractivity contribution >= 4 is 38.6 Å². The number of nitrogens with two attached hydrogens (primary N) is 1. The van der Waals surface area contributed by atoms with Gasteiger partial charge in [-0.1, -0.05) is 6.07 Å². The largest absolute Gasteiger partial charge is 0.398 e. The SMILES string of the molecule is Cc1cc(N(C)C(C)Cc2cccs2)c(Br)cc1N. The van der Waals surface area contributed by atoms with Crippen LogP contribution in [0.1, 0.15) is 17.4 Å². The molecule has 0 saturated carbocycles. The van der Waals surface area contributed by atoms with Crippen LogP contribution < -0.4 is 10.6 Å². The normalized spacial score (nSPS) is 12.4. The molecule has 0 fully saturated rings.